The number of rotatable bonds is 7. The summed E-state index contributed by atoms with van der Waals surface area (Å²) in [5.41, 5.74) is 3.51. The molecule has 2 aromatic heterocycles. The molecule has 1 aliphatic rings. The molecule has 3 heterocycles. The van der Waals surface area contributed by atoms with Crippen molar-refractivity contribution in [3.63, 3.8) is 0 Å². The second kappa shape index (κ2) is 8.74. The van der Waals surface area contributed by atoms with Gasteiger partial charge in [-0.1, -0.05) is 6.92 Å². The molecule has 148 valence electrons. The summed E-state index contributed by atoms with van der Waals surface area (Å²) in [7, 11) is 0. The first-order valence-electron chi connectivity index (χ1n) is 10.0. The van der Waals surface area contributed by atoms with Crippen LogP contribution in [0.5, 0.6) is 0 Å². The number of likely N-dealkylation sites (tertiary alicyclic amines) is 1. The third-order valence-electron chi connectivity index (χ3n) is 5.72. The normalized spacial score (nSPS) is 16.0. The lowest BCUT2D eigenvalue weighted by Gasteiger charge is -2.29. The van der Waals surface area contributed by atoms with Crippen LogP contribution in [0.25, 0.3) is 0 Å². The Morgan fingerprint density at radius 3 is 2.67 bits per heavy atom. The van der Waals surface area contributed by atoms with Gasteiger partial charge in [-0.3, -0.25) is 14.4 Å². The van der Waals surface area contributed by atoms with Crippen molar-refractivity contribution in [1.29, 1.82) is 0 Å². The van der Waals surface area contributed by atoms with Gasteiger partial charge in [0.2, 0.25) is 0 Å². The Morgan fingerprint density at radius 1 is 1.26 bits per heavy atom. The van der Waals surface area contributed by atoms with Crippen LogP contribution >= 0.6 is 0 Å². The lowest BCUT2D eigenvalue weighted by atomic mass is 9.99. The lowest BCUT2D eigenvalue weighted by Crippen LogP contribution is -2.32. The molecule has 1 saturated heterocycles. The molecule has 6 heteroatoms. The van der Waals surface area contributed by atoms with Crippen LogP contribution in [0.2, 0.25) is 0 Å². The molecule has 27 heavy (non-hydrogen) atoms. The van der Waals surface area contributed by atoms with Gasteiger partial charge in [0.05, 0.1) is 12.2 Å². The number of aryl methyl sites for hydroxylation is 2. The smallest absolute Gasteiger partial charge is 0.286 e. The molecule has 0 atom stereocenters. The van der Waals surface area contributed by atoms with Crippen molar-refractivity contribution in [3.05, 3.63) is 40.6 Å². The second-order valence-corrected chi connectivity index (χ2v) is 7.85. The quantitative estimate of drug-likeness (QED) is 0.756. The maximum absolute atomic E-state index is 12.3. The molecule has 1 aliphatic heterocycles. The molecule has 0 bridgehead atoms. The molecule has 1 fully saturated rings. The highest BCUT2D eigenvalue weighted by molar-refractivity contribution is 5.91. The van der Waals surface area contributed by atoms with Crippen molar-refractivity contribution in [3.8, 4) is 0 Å². The van der Waals surface area contributed by atoms with Crippen molar-refractivity contribution in [2.45, 2.75) is 60.0 Å². The number of nitrogens with zero attached hydrogens (tertiary/aromatic N) is 3. The number of hydrogen-bond acceptors (Lipinski definition) is 4. The van der Waals surface area contributed by atoms with Crippen molar-refractivity contribution in [2.24, 2.45) is 5.92 Å². The van der Waals surface area contributed by atoms with Gasteiger partial charge >= 0.3 is 0 Å². The molecule has 0 aliphatic carbocycles. The number of amides is 1. The first-order chi connectivity index (χ1) is 12.9. The highest BCUT2D eigenvalue weighted by atomic mass is 16.4. The number of carbonyl (C=O) groups is 1. The van der Waals surface area contributed by atoms with Gasteiger partial charge < -0.3 is 9.73 Å². The van der Waals surface area contributed by atoms with E-state index >= 15 is 0 Å². The van der Waals surface area contributed by atoms with E-state index in [0.29, 0.717) is 12.3 Å². The molecule has 0 aromatic carbocycles. The highest BCUT2D eigenvalue weighted by Crippen LogP contribution is 2.19. The van der Waals surface area contributed by atoms with Gasteiger partial charge in [-0.2, -0.15) is 5.10 Å². The molecule has 0 saturated carbocycles. The van der Waals surface area contributed by atoms with E-state index < -0.39 is 0 Å². The first-order valence-corrected chi connectivity index (χ1v) is 10.0. The molecular weight excluding hydrogens is 340 g/mol. The van der Waals surface area contributed by atoms with Gasteiger partial charge in [-0.05, 0) is 76.7 Å². The summed E-state index contributed by atoms with van der Waals surface area (Å²) in [5.74, 6) is 1.95. The molecule has 0 radical (unpaired) electrons. The summed E-state index contributed by atoms with van der Waals surface area (Å²) in [5, 5.41) is 7.47. The van der Waals surface area contributed by atoms with Gasteiger partial charge in [0, 0.05) is 18.8 Å². The van der Waals surface area contributed by atoms with E-state index in [9.17, 15) is 4.79 Å². The Bertz CT molecular complexity index is 769. The molecule has 3 rings (SSSR count). The monoisotopic (exact) mass is 372 g/mol. The van der Waals surface area contributed by atoms with E-state index in [1.807, 2.05) is 17.7 Å². The zero-order valence-corrected chi connectivity index (χ0v) is 17.0. The Balaban J connectivity index is 1.42. The minimum atomic E-state index is -0.141. The van der Waals surface area contributed by atoms with E-state index in [1.54, 1.807) is 6.07 Å². The van der Waals surface area contributed by atoms with Gasteiger partial charge in [-0.15, -0.1) is 0 Å². The third-order valence-corrected chi connectivity index (χ3v) is 5.72. The Labute approximate surface area is 161 Å². The Hall–Kier alpha value is -2.08. The number of aromatic nitrogens is 2. The van der Waals surface area contributed by atoms with Crippen LogP contribution in [0, 0.1) is 26.7 Å². The summed E-state index contributed by atoms with van der Waals surface area (Å²) in [6, 6.07) is 3.70. The van der Waals surface area contributed by atoms with Crippen LogP contribution < -0.4 is 5.32 Å². The van der Waals surface area contributed by atoms with Crippen molar-refractivity contribution < 1.29 is 9.21 Å². The maximum Gasteiger partial charge on any atom is 0.286 e. The number of nitrogens with one attached hydrogen (secondary N) is 1. The molecule has 0 unspecified atom stereocenters. The van der Waals surface area contributed by atoms with Crippen LogP contribution in [-0.4, -0.2) is 40.2 Å². The molecule has 1 amide bonds. The molecular formula is C21H32N4O2. The summed E-state index contributed by atoms with van der Waals surface area (Å²) >= 11 is 0. The Morgan fingerprint density at radius 2 is 2.00 bits per heavy atom. The zero-order chi connectivity index (χ0) is 19.4. The lowest BCUT2D eigenvalue weighted by molar-refractivity contribution is 0.0919. The van der Waals surface area contributed by atoms with Crippen LogP contribution in [0.1, 0.15) is 59.5 Å². The summed E-state index contributed by atoms with van der Waals surface area (Å²) < 4.78 is 7.77. The fraction of sp³-hybridized carbons (Fsp3) is 0.619. The van der Waals surface area contributed by atoms with E-state index in [4.69, 9.17) is 4.42 Å². The van der Waals surface area contributed by atoms with Crippen LogP contribution in [0.15, 0.2) is 16.5 Å². The number of piperidine rings is 1. The third kappa shape index (κ3) is 5.01. The molecule has 6 nitrogen and oxygen atoms in total. The van der Waals surface area contributed by atoms with Gasteiger partial charge in [-0.25, -0.2) is 0 Å². The summed E-state index contributed by atoms with van der Waals surface area (Å²) in [6.45, 7) is 12.9. The van der Waals surface area contributed by atoms with E-state index in [0.717, 1.165) is 50.0 Å². The first kappa shape index (κ1) is 19.7. The molecule has 1 N–H and O–H groups in total. The fourth-order valence-electron chi connectivity index (χ4n) is 3.55. The van der Waals surface area contributed by atoms with Crippen molar-refractivity contribution >= 4 is 5.91 Å². The summed E-state index contributed by atoms with van der Waals surface area (Å²) in [4.78, 5) is 14.7. The fourth-order valence-corrected chi connectivity index (χ4v) is 3.55. The SMILES string of the molecule is Cc1nn(CCCNC(=O)c2ccc(CN3CCC(C)CC3)o2)c(C)c1C. The van der Waals surface area contributed by atoms with Crippen LogP contribution in [0.4, 0.5) is 0 Å². The van der Waals surface area contributed by atoms with Crippen molar-refractivity contribution in [1.82, 2.24) is 20.0 Å². The zero-order valence-electron chi connectivity index (χ0n) is 17.0. The average molecular weight is 373 g/mol. The van der Waals surface area contributed by atoms with E-state index in [2.05, 4.69) is 36.1 Å². The predicted octanol–water partition coefficient (Wildman–Crippen LogP) is 3.45. The van der Waals surface area contributed by atoms with Crippen molar-refractivity contribution in [2.75, 3.05) is 19.6 Å². The standard InChI is InChI=1S/C21H32N4O2/c1-15-8-12-24(13-9-15)14-19-6-7-20(27-19)21(26)22-10-5-11-25-18(4)16(2)17(3)23-25/h6-7,15H,5,8-14H2,1-4H3,(H,22,26). The van der Waals surface area contributed by atoms with E-state index in [-0.39, 0.29) is 5.91 Å². The van der Waals surface area contributed by atoms with Crippen LogP contribution in [-0.2, 0) is 13.1 Å². The van der Waals surface area contributed by atoms with Crippen LogP contribution in [0.3, 0.4) is 0 Å². The van der Waals surface area contributed by atoms with E-state index in [1.165, 1.54) is 24.1 Å². The van der Waals surface area contributed by atoms with Gasteiger partial charge in [0.25, 0.3) is 5.91 Å². The minimum absolute atomic E-state index is 0.141. The second-order valence-electron chi connectivity index (χ2n) is 7.85. The highest BCUT2D eigenvalue weighted by Gasteiger charge is 2.18. The number of furan rings is 1. The largest absolute Gasteiger partial charge is 0.455 e. The van der Waals surface area contributed by atoms with Gasteiger partial charge in [0.1, 0.15) is 5.76 Å². The molecule has 2 aromatic rings. The number of hydrogen-bond donors (Lipinski definition) is 1. The molecule has 0 spiro atoms. The summed E-state index contributed by atoms with van der Waals surface area (Å²) in [6.07, 6.45) is 3.32. The maximum atomic E-state index is 12.3. The minimum Gasteiger partial charge on any atom is -0.455 e. The number of carbonyl (C=O) groups excluding carboxylic acids is 1. The van der Waals surface area contributed by atoms with Gasteiger partial charge in [0.15, 0.2) is 5.76 Å². The Kier molecular flexibility index (Phi) is 6.37. The topological polar surface area (TPSA) is 63.3 Å². The predicted molar refractivity (Wildman–Crippen MR) is 106 cm³/mol. The average Bonchev–Trinajstić information content (AvgIpc) is 3.21.